The van der Waals surface area contributed by atoms with Gasteiger partial charge >= 0.3 is 5.69 Å². The Kier molecular flexibility index (Phi) is 5.83. The molecule has 1 heterocycles. The van der Waals surface area contributed by atoms with Crippen LogP contribution in [0.3, 0.4) is 0 Å². The number of aliphatic hydroxyl groups is 1. The number of aliphatic hydroxyl groups excluding tert-OH is 1. The number of halogens is 2. The average molecular weight is 356 g/mol. The van der Waals surface area contributed by atoms with E-state index in [1.54, 1.807) is 11.8 Å². The summed E-state index contributed by atoms with van der Waals surface area (Å²) in [7, 11) is 0. The van der Waals surface area contributed by atoms with E-state index < -0.39 is 10.7 Å². The van der Waals surface area contributed by atoms with Gasteiger partial charge in [-0.3, -0.25) is 10.1 Å². The van der Waals surface area contributed by atoms with Crippen molar-refractivity contribution < 1.29 is 14.4 Å². The number of aromatic nitrogens is 2. The quantitative estimate of drug-likeness (QED) is 0.581. The smallest absolute Gasteiger partial charge is 0.353 e. The minimum Gasteiger partial charge on any atom is -0.395 e. The summed E-state index contributed by atoms with van der Waals surface area (Å²) in [5.41, 5.74) is 0.00704. The number of anilines is 3. The Morgan fingerprint density at radius 3 is 2.79 bits per heavy atom. The number of hydrogen-bond acceptors (Lipinski definition) is 7. The van der Waals surface area contributed by atoms with Gasteiger partial charge in [0, 0.05) is 18.8 Å². The SMILES string of the molecule is CCN(CCO)c1ncnc(Nc2ccc(F)c(Cl)c2)c1[N+](=O)[O-]. The molecule has 0 saturated heterocycles. The van der Waals surface area contributed by atoms with E-state index in [9.17, 15) is 14.5 Å². The lowest BCUT2D eigenvalue weighted by atomic mass is 10.3. The van der Waals surface area contributed by atoms with Crippen LogP contribution in [-0.2, 0) is 0 Å². The number of hydrogen-bond donors (Lipinski definition) is 2. The Bertz CT molecular complexity index is 746. The predicted octanol–water partition coefficient (Wildman–Crippen LogP) is 2.74. The lowest BCUT2D eigenvalue weighted by molar-refractivity contribution is -0.383. The van der Waals surface area contributed by atoms with Gasteiger partial charge in [0.25, 0.3) is 0 Å². The number of nitrogens with one attached hydrogen (secondary N) is 1. The van der Waals surface area contributed by atoms with E-state index in [1.807, 2.05) is 0 Å². The molecule has 8 nitrogen and oxygen atoms in total. The fraction of sp³-hybridized carbons (Fsp3) is 0.286. The lowest BCUT2D eigenvalue weighted by Gasteiger charge is -2.20. The number of rotatable bonds is 7. The van der Waals surface area contributed by atoms with E-state index in [0.717, 1.165) is 6.07 Å². The number of nitrogens with zero attached hydrogens (tertiary/aromatic N) is 4. The highest BCUT2D eigenvalue weighted by Crippen LogP contribution is 2.34. The van der Waals surface area contributed by atoms with Gasteiger partial charge in [0.2, 0.25) is 11.6 Å². The van der Waals surface area contributed by atoms with E-state index in [0.29, 0.717) is 12.2 Å². The van der Waals surface area contributed by atoms with Crippen molar-refractivity contribution in [2.24, 2.45) is 0 Å². The largest absolute Gasteiger partial charge is 0.395 e. The summed E-state index contributed by atoms with van der Waals surface area (Å²) < 4.78 is 13.2. The zero-order valence-corrected chi connectivity index (χ0v) is 13.5. The van der Waals surface area contributed by atoms with Crippen molar-refractivity contribution in [2.45, 2.75) is 6.92 Å². The molecule has 1 aromatic carbocycles. The monoisotopic (exact) mass is 355 g/mol. The summed E-state index contributed by atoms with van der Waals surface area (Å²) in [5, 5.41) is 23.2. The van der Waals surface area contributed by atoms with Gasteiger partial charge in [-0.2, -0.15) is 0 Å². The fourth-order valence-corrected chi connectivity index (χ4v) is 2.29. The maximum atomic E-state index is 13.2. The summed E-state index contributed by atoms with van der Waals surface area (Å²) in [6.45, 7) is 2.22. The van der Waals surface area contributed by atoms with Gasteiger partial charge in [-0.15, -0.1) is 0 Å². The van der Waals surface area contributed by atoms with Crippen LogP contribution in [-0.4, -0.2) is 39.7 Å². The van der Waals surface area contributed by atoms with Gasteiger partial charge < -0.3 is 15.3 Å². The summed E-state index contributed by atoms with van der Waals surface area (Å²) in [5.74, 6) is -0.563. The highest BCUT2D eigenvalue weighted by molar-refractivity contribution is 6.31. The molecule has 1 aromatic heterocycles. The second-order valence-electron chi connectivity index (χ2n) is 4.71. The van der Waals surface area contributed by atoms with Crippen molar-refractivity contribution in [3.05, 3.63) is 45.5 Å². The van der Waals surface area contributed by atoms with E-state index in [-0.39, 0.29) is 35.5 Å². The molecule has 0 saturated carbocycles. The predicted molar refractivity (Wildman–Crippen MR) is 88.4 cm³/mol. The Morgan fingerprint density at radius 1 is 1.46 bits per heavy atom. The van der Waals surface area contributed by atoms with Gasteiger partial charge in [0.05, 0.1) is 16.6 Å². The molecule has 0 aliphatic carbocycles. The van der Waals surface area contributed by atoms with Gasteiger partial charge in [-0.1, -0.05) is 11.6 Å². The van der Waals surface area contributed by atoms with Crippen LogP contribution in [0.1, 0.15) is 6.92 Å². The topological polar surface area (TPSA) is 104 Å². The van der Waals surface area contributed by atoms with Crippen LogP contribution in [0.5, 0.6) is 0 Å². The van der Waals surface area contributed by atoms with Crippen LogP contribution in [0.15, 0.2) is 24.5 Å². The van der Waals surface area contributed by atoms with Crippen molar-refractivity contribution in [2.75, 3.05) is 29.9 Å². The molecule has 0 radical (unpaired) electrons. The average Bonchev–Trinajstić information content (AvgIpc) is 2.55. The van der Waals surface area contributed by atoms with E-state index in [1.165, 1.54) is 18.5 Å². The van der Waals surface area contributed by atoms with Gasteiger partial charge in [-0.05, 0) is 25.1 Å². The molecule has 0 amide bonds. The number of likely N-dealkylation sites (N-methyl/N-ethyl adjacent to an activating group) is 1. The van der Waals surface area contributed by atoms with Crippen molar-refractivity contribution in [1.82, 2.24) is 9.97 Å². The second kappa shape index (κ2) is 7.84. The summed E-state index contributed by atoms with van der Waals surface area (Å²) in [4.78, 5) is 20.3. The minimum atomic E-state index is -0.608. The summed E-state index contributed by atoms with van der Waals surface area (Å²) >= 11 is 5.71. The molecule has 0 aliphatic heterocycles. The molecule has 0 bridgehead atoms. The molecule has 24 heavy (non-hydrogen) atoms. The Labute approximate surface area is 142 Å². The summed E-state index contributed by atoms with van der Waals surface area (Å²) in [6, 6.07) is 3.83. The van der Waals surface area contributed by atoms with Gasteiger partial charge in [-0.25, -0.2) is 14.4 Å². The summed E-state index contributed by atoms with van der Waals surface area (Å²) in [6.07, 6.45) is 1.18. The van der Waals surface area contributed by atoms with Crippen LogP contribution in [0.25, 0.3) is 0 Å². The molecule has 0 spiro atoms. The molecular weight excluding hydrogens is 341 g/mol. The standard InChI is InChI=1S/C14H15ClFN5O3/c1-2-20(5-6-22)14-12(21(23)24)13(17-8-18-14)19-9-3-4-11(16)10(15)7-9/h3-4,7-8,22H,2,5-6H2,1H3,(H,17,18,19). The van der Waals surface area contributed by atoms with Crippen molar-refractivity contribution in [1.29, 1.82) is 0 Å². The maximum Gasteiger partial charge on any atom is 0.353 e. The zero-order valence-electron chi connectivity index (χ0n) is 12.7. The lowest BCUT2D eigenvalue weighted by Crippen LogP contribution is -2.28. The molecule has 128 valence electrons. The van der Waals surface area contributed by atoms with E-state index >= 15 is 0 Å². The molecule has 2 N–H and O–H groups in total. The molecule has 0 fully saturated rings. The Hall–Kier alpha value is -2.52. The third kappa shape index (κ3) is 3.87. The molecule has 0 atom stereocenters. The first kappa shape index (κ1) is 17.8. The van der Waals surface area contributed by atoms with Gasteiger partial charge in [0.1, 0.15) is 12.1 Å². The van der Waals surface area contributed by atoms with E-state index in [2.05, 4.69) is 15.3 Å². The molecule has 2 rings (SSSR count). The highest BCUT2D eigenvalue weighted by Gasteiger charge is 2.26. The third-order valence-electron chi connectivity index (χ3n) is 3.22. The molecule has 10 heteroatoms. The first-order valence-corrected chi connectivity index (χ1v) is 7.43. The second-order valence-corrected chi connectivity index (χ2v) is 5.12. The van der Waals surface area contributed by atoms with Crippen LogP contribution in [0, 0.1) is 15.9 Å². The van der Waals surface area contributed by atoms with Crippen molar-refractivity contribution >= 4 is 34.6 Å². The normalized spacial score (nSPS) is 10.5. The van der Waals surface area contributed by atoms with Crippen molar-refractivity contribution in [3.63, 3.8) is 0 Å². The maximum absolute atomic E-state index is 13.2. The Balaban J connectivity index is 2.45. The van der Waals surface area contributed by atoms with Crippen LogP contribution >= 0.6 is 11.6 Å². The molecule has 2 aromatic rings. The van der Waals surface area contributed by atoms with Crippen molar-refractivity contribution in [3.8, 4) is 0 Å². The van der Waals surface area contributed by atoms with Crippen LogP contribution in [0.2, 0.25) is 5.02 Å². The molecule has 0 aliphatic rings. The number of benzene rings is 1. The van der Waals surface area contributed by atoms with Crippen LogP contribution in [0.4, 0.5) is 27.4 Å². The third-order valence-corrected chi connectivity index (χ3v) is 3.51. The molecule has 0 unspecified atom stereocenters. The number of nitro groups is 1. The Morgan fingerprint density at radius 2 is 2.21 bits per heavy atom. The van der Waals surface area contributed by atoms with Gasteiger partial charge in [0.15, 0.2) is 0 Å². The highest BCUT2D eigenvalue weighted by atomic mass is 35.5. The zero-order chi connectivity index (χ0) is 17.7. The first-order chi connectivity index (χ1) is 11.5. The van der Waals surface area contributed by atoms with Crippen LogP contribution < -0.4 is 10.2 Å². The molecular formula is C14H15ClFN5O3. The minimum absolute atomic E-state index is 0.0518. The fourth-order valence-electron chi connectivity index (χ4n) is 2.11. The van der Waals surface area contributed by atoms with E-state index in [4.69, 9.17) is 16.7 Å². The first-order valence-electron chi connectivity index (χ1n) is 7.05.